The molecule has 4 nitrogen and oxygen atoms in total. The van der Waals surface area contributed by atoms with Crippen LogP contribution in [-0.4, -0.2) is 19.8 Å². The van der Waals surface area contributed by atoms with Crippen molar-refractivity contribution in [2.24, 2.45) is 0 Å². The molecule has 0 bridgehead atoms. The van der Waals surface area contributed by atoms with Gasteiger partial charge < -0.3 is 19.5 Å². The Morgan fingerprint density at radius 1 is 0.690 bits per heavy atom. The molecule has 0 heterocycles. The van der Waals surface area contributed by atoms with Crippen LogP contribution >= 0.6 is 0 Å². The lowest BCUT2D eigenvalue weighted by Crippen LogP contribution is -2.10. The van der Waals surface area contributed by atoms with E-state index < -0.39 is 0 Å². The number of hydrogen-bond donors (Lipinski definition) is 1. The fourth-order valence-corrected chi connectivity index (χ4v) is 2.84. The highest BCUT2D eigenvalue weighted by atomic mass is 16.5. The van der Waals surface area contributed by atoms with Gasteiger partial charge in [0.25, 0.3) is 0 Å². The van der Waals surface area contributed by atoms with E-state index in [1.54, 1.807) is 0 Å². The topological polar surface area (TPSA) is 39.7 Å². The quantitative estimate of drug-likeness (QED) is 0.388. The van der Waals surface area contributed by atoms with Crippen LogP contribution in [-0.2, 0) is 6.54 Å². The van der Waals surface area contributed by atoms with Gasteiger partial charge in [-0.1, -0.05) is 55.8 Å². The highest BCUT2D eigenvalue weighted by Crippen LogP contribution is 2.25. The van der Waals surface area contributed by atoms with Crippen molar-refractivity contribution in [3.63, 3.8) is 0 Å². The number of para-hydroxylation sites is 3. The molecule has 0 amide bonds. The van der Waals surface area contributed by atoms with Crippen LogP contribution in [0.4, 0.5) is 5.69 Å². The highest BCUT2D eigenvalue weighted by Gasteiger charge is 2.04. The third kappa shape index (κ3) is 7.07. The van der Waals surface area contributed by atoms with Gasteiger partial charge in [0.1, 0.15) is 30.5 Å². The van der Waals surface area contributed by atoms with Crippen molar-refractivity contribution in [2.75, 3.05) is 25.1 Å². The van der Waals surface area contributed by atoms with Crippen molar-refractivity contribution in [3.05, 3.63) is 84.4 Å². The van der Waals surface area contributed by atoms with Crippen molar-refractivity contribution in [2.45, 2.75) is 26.3 Å². The van der Waals surface area contributed by atoms with Crippen LogP contribution in [0.5, 0.6) is 17.2 Å². The zero-order valence-electron chi connectivity index (χ0n) is 17.0. The van der Waals surface area contributed by atoms with Gasteiger partial charge in [-0.05, 0) is 48.4 Å². The lowest BCUT2D eigenvalue weighted by atomic mass is 10.2. The first-order valence-corrected chi connectivity index (χ1v) is 10.2. The molecule has 0 atom stereocenters. The maximum atomic E-state index is 5.92. The first-order valence-electron chi connectivity index (χ1n) is 10.2. The molecule has 0 fully saturated rings. The smallest absolute Gasteiger partial charge is 0.142 e. The summed E-state index contributed by atoms with van der Waals surface area (Å²) in [7, 11) is 0. The van der Waals surface area contributed by atoms with Crippen molar-refractivity contribution in [1.29, 1.82) is 0 Å². The summed E-state index contributed by atoms with van der Waals surface area (Å²) in [5, 5.41) is 3.46. The fraction of sp³-hybridized carbons (Fsp3) is 0.280. The Labute approximate surface area is 173 Å². The third-order valence-electron chi connectivity index (χ3n) is 4.39. The number of ether oxygens (including phenoxy) is 3. The van der Waals surface area contributed by atoms with E-state index in [2.05, 4.69) is 24.4 Å². The largest absolute Gasteiger partial charge is 0.494 e. The number of hydrogen-bond acceptors (Lipinski definition) is 4. The predicted molar refractivity (Wildman–Crippen MR) is 118 cm³/mol. The molecule has 0 aliphatic heterocycles. The van der Waals surface area contributed by atoms with Crippen molar-refractivity contribution in [3.8, 4) is 17.2 Å². The standard InChI is InChI=1S/C25H29NO3/c1-2-3-16-27-23-13-9-10-21(19-23)20-26-24-14-7-8-15-25(24)29-18-17-28-22-11-5-4-6-12-22/h4-15,19,26H,2-3,16-18,20H2,1H3. The normalized spacial score (nSPS) is 10.4. The molecule has 0 saturated heterocycles. The Balaban J connectivity index is 1.49. The van der Waals surface area contributed by atoms with Gasteiger partial charge in [0.05, 0.1) is 12.3 Å². The fourth-order valence-electron chi connectivity index (χ4n) is 2.84. The molecule has 152 valence electrons. The van der Waals surface area contributed by atoms with E-state index in [1.165, 1.54) is 5.56 Å². The molecule has 0 aromatic heterocycles. The van der Waals surface area contributed by atoms with Gasteiger partial charge in [0.15, 0.2) is 0 Å². The minimum atomic E-state index is 0.480. The zero-order valence-corrected chi connectivity index (χ0v) is 17.0. The first-order chi connectivity index (χ1) is 14.3. The van der Waals surface area contributed by atoms with Gasteiger partial charge in [-0.3, -0.25) is 0 Å². The van der Waals surface area contributed by atoms with Gasteiger partial charge in [0, 0.05) is 6.54 Å². The molecule has 3 aromatic carbocycles. The summed E-state index contributed by atoms with van der Waals surface area (Å²) < 4.78 is 17.4. The Morgan fingerprint density at radius 2 is 1.41 bits per heavy atom. The zero-order chi connectivity index (χ0) is 20.2. The minimum Gasteiger partial charge on any atom is -0.494 e. The third-order valence-corrected chi connectivity index (χ3v) is 4.39. The Kier molecular flexibility index (Phi) is 8.27. The van der Waals surface area contributed by atoms with Crippen LogP contribution in [0.1, 0.15) is 25.3 Å². The average Bonchev–Trinajstić information content (AvgIpc) is 2.77. The van der Waals surface area contributed by atoms with E-state index in [4.69, 9.17) is 14.2 Å². The van der Waals surface area contributed by atoms with E-state index >= 15 is 0 Å². The molecule has 4 heteroatoms. The van der Waals surface area contributed by atoms with E-state index in [0.29, 0.717) is 19.8 Å². The Morgan fingerprint density at radius 3 is 2.28 bits per heavy atom. The average molecular weight is 392 g/mol. The number of benzene rings is 3. The second kappa shape index (κ2) is 11.6. The van der Waals surface area contributed by atoms with E-state index in [0.717, 1.165) is 42.4 Å². The second-order valence-corrected chi connectivity index (χ2v) is 6.71. The molecule has 0 saturated carbocycles. The summed E-state index contributed by atoms with van der Waals surface area (Å²) in [6, 6.07) is 25.9. The SMILES string of the molecule is CCCCOc1cccc(CNc2ccccc2OCCOc2ccccc2)c1. The number of anilines is 1. The molecule has 29 heavy (non-hydrogen) atoms. The van der Waals surface area contributed by atoms with Crippen LogP contribution in [0.2, 0.25) is 0 Å². The number of rotatable bonds is 12. The van der Waals surface area contributed by atoms with Crippen LogP contribution in [0, 0.1) is 0 Å². The molecule has 3 rings (SSSR count). The van der Waals surface area contributed by atoms with Crippen molar-refractivity contribution < 1.29 is 14.2 Å². The molecule has 0 aliphatic rings. The Bertz CT molecular complexity index is 851. The number of nitrogens with one attached hydrogen (secondary N) is 1. The maximum absolute atomic E-state index is 5.92. The lowest BCUT2D eigenvalue weighted by Gasteiger charge is -2.14. The monoisotopic (exact) mass is 391 g/mol. The van der Waals surface area contributed by atoms with Gasteiger partial charge >= 0.3 is 0 Å². The molecular formula is C25H29NO3. The van der Waals surface area contributed by atoms with E-state index in [-0.39, 0.29) is 0 Å². The van der Waals surface area contributed by atoms with Gasteiger partial charge in [0.2, 0.25) is 0 Å². The van der Waals surface area contributed by atoms with Crippen molar-refractivity contribution in [1.82, 2.24) is 0 Å². The van der Waals surface area contributed by atoms with Crippen molar-refractivity contribution >= 4 is 5.69 Å². The maximum Gasteiger partial charge on any atom is 0.142 e. The molecule has 0 aliphatic carbocycles. The molecule has 0 radical (unpaired) electrons. The molecule has 0 unspecified atom stereocenters. The number of unbranched alkanes of at least 4 members (excludes halogenated alkanes) is 1. The molecule has 0 spiro atoms. The van der Waals surface area contributed by atoms with E-state index in [9.17, 15) is 0 Å². The van der Waals surface area contributed by atoms with E-state index in [1.807, 2.05) is 66.7 Å². The summed E-state index contributed by atoms with van der Waals surface area (Å²) in [4.78, 5) is 0. The molecule has 3 aromatic rings. The molecule has 1 N–H and O–H groups in total. The minimum absolute atomic E-state index is 0.480. The second-order valence-electron chi connectivity index (χ2n) is 6.71. The Hall–Kier alpha value is -3.14. The molecular weight excluding hydrogens is 362 g/mol. The summed E-state index contributed by atoms with van der Waals surface area (Å²) in [6.45, 7) is 4.60. The summed E-state index contributed by atoms with van der Waals surface area (Å²) in [6.07, 6.45) is 2.20. The van der Waals surface area contributed by atoms with Crippen LogP contribution < -0.4 is 19.5 Å². The summed E-state index contributed by atoms with van der Waals surface area (Å²) in [5.41, 5.74) is 2.13. The van der Waals surface area contributed by atoms with Crippen LogP contribution in [0.3, 0.4) is 0 Å². The van der Waals surface area contributed by atoms with Crippen LogP contribution in [0.25, 0.3) is 0 Å². The lowest BCUT2D eigenvalue weighted by molar-refractivity contribution is 0.218. The van der Waals surface area contributed by atoms with Gasteiger partial charge in [-0.15, -0.1) is 0 Å². The van der Waals surface area contributed by atoms with Gasteiger partial charge in [-0.25, -0.2) is 0 Å². The summed E-state index contributed by atoms with van der Waals surface area (Å²) in [5.74, 6) is 2.59. The van der Waals surface area contributed by atoms with Gasteiger partial charge in [-0.2, -0.15) is 0 Å². The summed E-state index contributed by atoms with van der Waals surface area (Å²) >= 11 is 0. The van der Waals surface area contributed by atoms with Crippen LogP contribution in [0.15, 0.2) is 78.9 Å². The first kappa shape index (κ1) is 20.6. The predicted octanol–water partition coefficient (Wildman–Crippen LogP) is 5.94. The highest BCUT2D eigenvalue weighted by molar-refractivity contribution is 5.56.